The number of piperazine rings is 1. The molecule has 0 bridgehead atoms. The standard InChI is InChI=1S/C32H41FN8O/c1-4-30(42)41-17-16-38(21-26(41)11-13-34)31-27-10-9-24(40-14-5-6-22-7-8-23(33)18-29(22)40)19-28(27)35-32(36-31)39-15-12-25(20-39)37(2)3/h4,7-8,18,24-26H,1,5-6,9-12,14-17,19-21H2,2-3H3. The molecular formula is C32H41FN8O. The maximum absolute atomic E-state index is 14.3. The SMILES string of the molecule is C=CC(=O)N1CCN(c2nc(N3CCC(N(C)C)C3)nc3c2CCC(N2CCCc4ccc(F)cc42)C3)CC1CC#N. The number of rotatable bonds is 6. The van der Waals surface area contributed by atoms with Crippen molar-refractivity contribution in [1.29, 1.82) is 5.26 Å². The summed E-state index contributed by atoms with van der Waals surface area (Å²) in [6.07, 6.45) is 7.29. The van der Waals surface area contributed by atoms with Gasteiger partial charge in [-0.05, 0) is 70.0 Å². The van der Waals surface area contributed by atoms with Gasteiger partial charge in [0.1, 0.15) is 11.6 Å². The highest BCUT2D eigenvalue weighted by Crippen LogP contribution is 2.37. The van der Waals surface area contributed by atoms with Crippen LogP contribution < -0.4 is 14.7 Å². The fourth-order valence-electron chi connectivity index (χ4n) is 7.27. The predicted molar refractivity (Wildman–Crippen MR) is 162 cm³/mol. The fraction of sp³-hybridized carbons (Fsp3) is 0.562. The van der Waals surface area contributed by atoms with Crippen molar-refractivity contribution < 1.29 is 9.18 Å². The van der Waals surface area contributed by atoms with E-state index in [4.69, 9.17) is 9.97 Å². The van der Waals surface area contributed by atoms with E-state index < -0.39 is 0 Å². The highest BCUT2D eigenvalue weighted by atomic mass is 19.1. The highest BCUT2D eigenvalue weighted by molar-refractivity contribution is 5.87. The molecule has 1 aliphatic carbocycles. The van der Waals surface area contributed by atoms with E-state index in [0.717, 1.165) is 81.3 Å². The van der Waals surface area contributed by atoms with Gasteiger partial charge in [-0.3, -0.25) is 4.79 Å². The molecule has 2 aromatic rings. The van der Waals surface area contributed by atoms with Crippen molar-refractivity contribution in [3.8, 4) is 6.07 Å². The van der Waals surface area contributed by atoms with Gasteiger partial charge in [-0.1, -0.05) is 12.6 Å². The van der Waals surface area contributed by atoms with E-state index in [1.54, 1.807) is 17.0 Å². The number of fused-ring (bicyclic) bond motifs is 2. The third-order valence-corrected chi connectivity index (χ3v) is 9.60. The lowest BCUT2D eigenvalue weighted by atomic mass is 9.88. The first-order chi connectivity index (χ1) is 20.4. The Balaban J connectivity index is 1.34. The second kappa shape index (κ2) is 11.9. The molecule has 9 nitrogen and oxygen atoms in total. The Hall–Kier alpha value is -3.71. The van der Waals surface area contributed by atoms with Crippen LogP contribution in [0.25, 0.3) is 0 Å². The van der Waals surface area contributed by atoms with Crippen LogP contribution in [-0.4, -0.2) is 97.2 Å². The minimum absolute atomic E-state index is 0.131. The minimum Gasteiger partial charge on any atom is -0.368 e. The quantitative estimate of drug-likeness (QED) is 0.489. The number of halogens is 1. The van der Waals surface area contributed by atoms with Crippen LogP contribution in [0.3, 0.4) is 0 Å². The summed E-state index contributed by atoms with van der Waals surface area (Å²) in [7, 11) is 4.24. The topological polar surface area (TPSA) is 82.8 Å². The zero-order chi connectivity index (χ0) is 29.4. The summed E-state index contributed by atoms with van der Waals surface area (Å²) < 4.78 is 14.3. The molecule has 2 fully saturated rings. The van der Waals surface area contributed by atoms with Crippen LogP contribution in [0.15, 0.2) is 30.9 Å². The van der Waals surface area contributed by atoms with Crippen molar-refractivity contribution in [3.63, 3.8) is 0 Å². The first-order valence-corrected chi connectivity index (χ1v) is 15.3. The van der Waals surface area contributed by atoms with E-state index >= 15 is 0 Å². The number of amides is 1. The summed E-state index contributed by atoms with van der Waals surface area (Å²) in [5.74, 6) is 1.39. The zero-order valence-electron chi connectivity index (χ0n) is 24.8. The number of anilines is 3. The van der Waals surface area contributed by atoms with Crippen molar-refractivity contribution in [2.75, 3.05) is 68.1 Å². The van der Waals surface area contributed by atoms with Crippen LogP contribution in [0.4, 0.5) is 21.8 Å². The van der Waals surface area contributed by atoms with Crippen LogP contribution in [0.1, 0.15) is 42.5 Å². The van der Waals surface area contributed by atoms with Crippen LogP contribution in [0.2, 0.25) is 0 Å². The number of nitriles is 1. The Labute approximate surface area is 248 Å². The summed E-state index contributed by atoms with van der Waals surface area (Å²) >= 11 is 0. The Morgan fingerprint density at radius 2 is 2.00 bits per heavy atom. The molecule has 222 valence electrons. The number of nitrogens with zero attached hydrogens (tertiary/aromatic N) is 8. The number of hydrogen-bond acceptors (Lipinski definition) is 8. The lowest BCUT2D eigenvalue weighted by Gasteiger charge is -2.43. The molecule has 0 spiro atoms. The third-order valence-electron chi connectivity index (χ3n) is 9.60. The summed E-state index contributed by atoms with van der Waals surface area (Å²) in [5.41, 5.74) is 4.50. The first-order valence-electron chi connectivity index (χ1n) is 15.3. The maximum Gasteiger partial charge on any atom is 0.246 e. The van der Waals surface area contributed by atoms with Gasteiger partial charge in [0.15, 0.2) is 0 Å². The Kier molecular flexibility index (Phi) is 8.04. The molecule has 3 unspecified atom stereocenters. The second-order valence-corrected chi connectivity index (χ2v) is 12.3. The highest BCUT2D eigenvalue weighted by Gasteiger charge is 2.36. The van der Waals surface area contributed by atoms with Crippen molar-refractivity contribution in [2.45, 2.75) is 63.1 Å². The zero-order valence-corrected chi connectivity index (χ0v) is 24.8. The van der Waals surface area contributed by atoms with Crippen molar-refractivity contribution >= 4 is 23.4 Å². The third kappa shape index (κ3) is 5.42. The molecule has 0 saturated carbocycles. The Morgan fingerprint density at radius 3 is 2.76 bits per heavy atom. The molecule has 3 atom stereocenters. The molecule has 6 rings (SSSR count). The lowest BCUT2D eigenvalue weighted by molar-refractivity contribution is -0.128. The van der Waals surface area contributed by atoms with E-state index in [1.165, 1.54) is 17.2 Å². The summed E-state index contributed by atoms with van der Waals surface area (Å²) in [4.78, 5) is 34.0. The van der Waals surface area contributed by atoms with Gasteiger partial charge in [-0.15, -0.1) is 0 Å². The van der Waals surface area contributed by atoms with E-state index in [-0.39, 0.29) is 30.2 Å². The monoisotopic (exact) mass is 572 g/mol. The van der Waals surface area contributed by atoms with Gasteiger partial charge < -0.3 is 24.5 Å². The molecule has 42 heavy (non-hydrogen) atoms. The van der Waals surface area contributed by atoms with Gasteiger partial charge in [0.2, 0.25) is 11.9 Å². The fourth-order valence-corrected chi connectivity index (χ4v) is 7.27. The second-order valence-electron chi connectivity index (χ2n) is 12.3. The summed E-state index contributed by atoms with van der Waals surface area (Å²) in [6, 6.07) is 7.97. The molecule has 4 heterocycles. The molecule has 0 N–H and O–H groups in total. The molecule has 0 radical (unpaired) electrons. The van der Waals surface area contributed by atoms with Gasteiger partial charge in [0.05, 0.1) is 24.2 Å². The average molecular weight is 573 g/mol. The van der Waals surface area contributed by atoms with Gasteiger partial charge in [-0.25, -0.2) is 9.37 Å². The molecular weight excluding hydrogens is 531 g/mol. The molecule has 1 aromatic heterocycles. The molecule has 4 aliphatic rings. The Bertz CT molecular complexity index is 1390. The van der Waals surface area contributed by atoms with E-state index in [1.807, 2.05) is 6.07 Å². The van der Waals surface area contributed by atoms with Crippen LogP contribution in [-0.2, 0) is 24.1 Å². The first kappa shape index (κ1) is 28.4. The van der Waals surface area contributed by atoms with Gasteiger partial charge in [-0.2, -0.15) is 10.2 Å². The van der Waals surface area contributed by atoms with Crippen molar-refractivity contribution in [3.05, 3.63) is 53.5 Å². The normalized spacial score (nSPS) is 23.9. The molecule has 10 heteroatoms. The van der Waals surface area contributed by atoms with Gasteiger partial charge in [0.25, 0.3) is 0 Å². The van der Waals surface area contributed by atoms with Crippen molar-refractivity contribution in [1.82, 2.24) is 19.8 Å². The number of carbonyl (C=O) groups excluding carboxylic acids is 1. The van der Waals surface area contributed by atoms with E-state index in [0.29, 0.717) is 25.7 Å². The molecule has 2 saturated heterocycles. The van der Waals surface area contributed by atoms with Gasteiger partial charge >= 0.3 is 0 Å². The minimum atomic E-state index is -0.218. The summed E-state index contributed by atoms with van der Waals surface area (Å²) in [6.45, 7) is 8.10. The number of likely N-dealkylation sites (N-methyl/N-ethyl adjacent to an activating group) is 1. The number of benzene rings is 1. The number of aromatic nitrogens is 2. The lowest BCUT2D eigenvalue weighted by Crippen LogP contribution is -2.55. The van der Waals surface area contributed by atoms with E-state index in [2.05, 4.69) is 46.3 Å². The smallest absolute Gasteiger partial charge is 0.246 e. The number of aryl methyl sites for hydroxylation is 1. The largest absolute Gasteiger partial charge is 0.368 e. The molecule has 1 aromatic carbocycles. The van der Waals surface area contributed by atoms with Crippen molar-refractivity contribution in [2.24, 2.45) is 0 Å². The van der Waals surface area contributed by atoms with Gasteiger partial charge in [0, 0.05) is 69.0 Å². The molecule has 3 aliphatic heterocycles. The maximum atomic E-state index is 14.3. The number of carbonyl (C=O) groups is 1. The van der Waals surface area contributed by atoms with Crippen LogP contribution >= 0.6 is 0 Å². The molecule has 1 amide bonds. The van der Waals surface area contributed by atoms with Crippen LogP contribution in [0, 0.1) is 17.1 Å². The number of hydrogen-bond donors (Lipinski definition) is 0. The average Bonchev–Trinajstić information content (AvgIpc) is 3.51. The Morgan fingerprint density at radius 1 is 1.14 bits per heavy atom. The summed E-state index contributed by atoms with van der Waals surface area (Å²) in [5, 5.41) is 9.54. The van der Waals surface area contributed by atoms with E-state index in [9.17, 15) is 14.4 Å². The van der Waals surface area contributed by atoms with Crippen LogP contribution in [0.5, 0.6) is 0 Å². The predicted octanol–water partition coefficient (Wildman–Crippen LogP) is 3.18.